The molecule has 9 rings (SSSR count). The smallest absolute Gasteiger partial charge is 0.450 e. The summed E-state index contributed by atoms with van der Waals surface area (Å²) in [6.07, 6.45) is 11.1. The molecule has 5 heterocycles. The van der Waals surface area contributed by atoms with E-state index in [4.69, 9.17) is 25.0 Å². The molecule has 3 aromatic heterocycles. The van der Waals surface area contributed by atoms with Crippen molar-refractivity contribution >= 4 is 82.9 Å². The maximum Gasteiger partial charge on any atom is 0.503 e. The molecule has 0 spiro atoms. The minimum atomic E-state index is -4.51. The number of nitrogens with one attached hydrogen (secondary N) is 2. The molecule has 16 nitrogen and oxygen atoms in total. The van der Waals surface area contributed by atoms with Gasteiger partial charge in [-0.15, -0.1) is 0 Å². The van der Waals surface area contributed by atoms with E-state index >= 15 is 0 Å². The van der Waals surface area contributed by atoms with E-state index in [0.717, 1.165) is 36.8 Å². The van der Waals surface area contributed by atoms with Crippen molar-refractivity contribution in [3.63, 3.8) is 0 Å². The van der Waals surface area contributed by atoms with Crippen molar-refractivity contribution in [3.8, 4) is 44.5 Å². The first-order valence-electron chi connectivity index (χ1n) is 21.7. The van der Waals surface area contributed by atoms with Crippen molar-refractivity contribution in [1.29, 1.82) is 0 Å². The fourth-order valence-electron chi connectivity index (χ4n) is 8.39. The lowest BCUT2D eigenvalue weighted by atomic mass is 10.00. The van der Waals surface area contributed by atoms with E-state index in [-0.39, 0.29) is 14.7 Å². The van der Waals surface area contributed by atoms with Crippen molar-refractivity contribution in [3.05, 3.63) is 150 Å². The predicted molar refractivity (Wildman–Crippen MR) is 269 cm³/mol. The number of aromatic nitrogens is 4. The SMILES string of the molecule is CCCCCCc1ccc(-c2c3nc(c(-c4ccc(S(=O)(=O)O)cc4)c4ccc([nH]4)c(-c4ccc(S(=O)(=O)O)cc4)c4nc(c(-c5ccc(S(=O)(=O)O)cc5)c5ccc2[nH]5)C=C4)C=C3)cc1.O=C(O)O. The lowest BCUT2D eigenvalue weighted by molar-refractivity contribution is 0.137. The van der Waals surface area contributed by atoms with E-state index in [1.807, 2.05) is 42.5 Å². The van der Waals surface area contributed by atoms with Crippen LogP contribution in [0.5, 0.6) is 0 Å². The quantitative estimate of drug-likeness (QED) is 0.0443. The van der Waals surface area contributed by atoms with Gasteiger partial charge in [-0.1, -0.05) is 86.8 Å². The van der Waals surface area contributed by atoms with Gasteiger partial charge >= 0.3 is 6.16 Å². The van der Waals surface area contributed by atoms with Gasteiger partial charge in [-0.3, -0.25) is 13.7 Å². The molecular weight excluding hydrogens is 957 g/mol. The summed E-state index contributed by atoms with van der Waals surface area (Å²) in [5, 5.41) is 13.9. The molecule has 8 bridgehead atoms. The van der Waals surface area contributed by atoms with Crippen LogP contribution in [0.1, 0.15) is 60.9 Å². The van der Waals surface area contributed by atoms with Gasteiger partial charge in [0.1, 0.15) is 0 Å². The predicted octanol–water partition coefficient (Wildman–Crippen LogP) is 11.4. The summed E-state index contributed by atoms with van der Waals surface area (Å²) in [6.45, 7) is 2.19. The summed E-state index contributed by atoms with van der Waals surface area (Å²) in [5.41, 5.74) is 11.0. The summed E-state index contributed by atoms with van der Waals surface area (Å²) in [5.74, 6) is 0. The summed E-state index contributed by atoms with van der Waals surface area (Å²) in [6, 6.07) is 33.3. The Morgan fingerprint density at radius 3 is 0.957 bits per heavy atom. The largest absolute Gasteiger partial charge is 0.503 e. The Labute approximate surface area is 402 Å². The van der Waals surface area contributed by atoms with Crippen LogP contribution in [0.25, 0.3) is 90.9 Å². The summed E-state index contributed by atoms with van der Waals surface area (Å²) >= 11 is 0. The minimum Gasteiger partial charge on any atom is -0.450 e. The van der Waals surface area contributed by atoms with Gasteiger partial charge in [0.15, 0.2) is 0 Å². The van der Waals surface area contributed by atoms with E-state index in [0.29, 0.717) is 78.2 Å². The zero-order valence-electron chi connectivity index (χ0n) is 37.1. The third kappa shape index (κ3) is 10.8. The van der Waals surface area contributed by atoms with Crippen LogP contribution in [0.4, 0.5) is 4.79 Å². The van der Waals surface area contributed by atoms with Crippen LogP contribution in [-0.4, -0.2) is 75.2 Å². The summed E-state index contributed by atoms with van der Waals surface area (Å²) in [7, 11) is -13.5. The van der Waals surface area contributed by atoms with Crippen LogP contribution in [0.2, 0.25) is 0 Å². The van der Waals surface area contributed by atoms with Crippen molar-refractivity contribution in [2.75, 3.05) is 0 Å². The van der Waals surface area contributed by atoms with Gasteiger partial charge in [0.2, 0.25) is 0 Å². The van der Waals surface area contributed by atoms with E-state index in [1.54, 1.807) is 42.5 Å². The highest BCUT2D eigenvalue weighted by molar-refractivity contribution is 7.86. The summed E-state index contributed by atoms with van der Waals surface area (Å²) < 4.78 is 102. The Hall–Kier alpha value is -7.52. The molecule has 0 aliphatic carbocycles. The fraction of sp³-hybridized carbons (Fsp3) is 0.118. The number of aryl methyl sites for hydroxylation is 1. The molecule has 0 radical (unpaired) electrons. The fourth-order valence-corrected chi connectivity index (χ4v) is 9.83. The standard InChI is InChI=1S/C50H42N4O9S3.CH2O3/c1-2-3-4-5-6-31-7-9-32(10-8-31)47-39-23-25-41(51-39)48(33-11-17-36(18-12-33)64(55,56)57)43-27-29-45(53-43)50(35-15-21-38(22-16-35)66(61,62)63)46-30-28-44(54-46)49(42-26-24-40(47)52-42)34-13-19-37(20-14-34)65(58,59)60;2-1(3)4/h7-30,51,54H,2-6H2,1H3,(H,55,56,57)(H,58,59,60)(H,61,62,63);(H2,2,3,4). The molecule has 0 fully saturated rings. The average molecular weight is 1000 g/mol. The lowest BCUT2D eigenvalue weighted by Gasteiger charge is -2.08. The van der Waals surface area contributed by atoms with Crippen LogP contribution < -0.4 is 0 Å². The van der Waals surface area contributed by atoms with E-state index in [9.17, 15) is 38.9 Å². The molecular formula is C51H44N4O12S3. The number of carboxylic acid groups (broad SMARTS) is 2. The number of H-pyrrole nitrogens is 2. The van der Waals surface area contributed by atoms with E-state index < -0.39 is 36.5 Å². The molecule has 0 amide bonds. The Balaban J connectivity index is 0.00000159. The average Bonchev–Trinajstić information content (AvgIpc) is 4.16. The van der Waals surface area contributed by atoms with E-state index in [1.165, 1.54) is 48.4 Å². The van der Waals surface area contributed by atoms with Crippen molar-refractivity contribution in [2.24, 2.45) is 0 Å². The first-order valence-corrected chi connectivity index (χ1v) is 26.0. The molecule has 358 valence electrons. The highest BCUT2D eigenvalue weighted by atomic mass is 32.2. The van der Waals surface area contributed by atoms with Crippen molar-refractivity contribution in [1.82, 2.24) is 19.9 Å². The highest BCUT2D eigenvalue weighted by Crippen LogP contribution is 2.39. The third-order valence-electron chi connectivity index (χ3n) is 11.6. The zero-order valence-corrected chi connectivity index (χ0v) is 39.6. The van der Waals surface area contributed by atoms with Gasteiger partial charge in [0.25, 0.3) is 30.4 Å². The normalized spacial score (nSPS) is 12.4. The lowest BCUT2D eigenvalue weighted by Crippen LogP contribution is -1.97. The Morgan fingerprint density at radius 1 is 0.429 bits per heavy atom. The number of hydrogen-bond donors (Lipinski definition) is 7. The van der Waals surface area contributed by atoms with Gasteiger partial charge in [0, 0.05) is 44.3 Å². The molecule has 2 aliphatic heterocycles. The molecule has 19 heteroatoms. The Morgan fingerprint density at radius 2 is 0.700 bits per heavy atom. The van der Waals surface area contributed by atoms with Crippen LogP contribution in [0.3, 0.4) is 0 Å². The number of hydrogen-bond acceptors (Lipinski definition) is 9. The monoisotopic (exact) mass is 1000 g/mol. The van der Waals surface area contributed by atoms with E-state index in [2.05, 4.69) is 41.2 Å². The molecule has 7 aromatic rings. The zero-order chi connectivity index (χ0) is 50.0. The third-order valence-corrected chi connectivity index (χ3v) is 14.2. The number of benzene rings is 4. The van der Waals surface area contributed by atoms with Gasteiger partial charge in [-0.05, 0) is 126 Å². The Bertz CT molecular complexity index is 3660. The van der Waals surface area contributed by atoms with Crippen LogP contribution in [0, 0.1) is 0 Å². The molecule has 2 aliphatic rings. The maximum atomic E-state index is 12.1. The highest BCUT2D eigenvalue weighted by Gasteiger charge is 2.21. The van der Waals surface area contributed by atoms with Crippen LogP contribution in [-0.2, 0) is 36.8 Å². The molecule has 70 heavy (non-hydrogen) atoms. The van der Waals surface area contributed by atoms with Crippen molar-refractivity contribution in [2.45, 2.75) is 53.7 Å². The Kier molecular flexibility index (Phi) is 13.9. The molecule has 0 unspecified atom stereocenters. The van der Waals surface area contributed by atoms with Crippen molar-refractivity contribution < 1.29 is 53.9 Å². The second-order valence-electron chi connectivity index (χ2n) is 16.3. The summed E-state index contributed by atoms with van der Waals surface area (Å²) in [4.78, 5) is 25.3. The number of carbonyl (C=O) groups is 1. The van der Waals surface area contributed by atoms with Gasteiger partial charge < -0.3 is 20.2 Å². The molecule has 0 atom stereocenters. The van der Waals surface area contributed by atoms with Crippen LogP contribution >= 0.6 is 0 Å². The second kappa shape index (κ2) is 19.8. The number of rotatable bonds is 12. The van der Waals surface area contributed by atoms with Crippen LogP contribution in [0.15, 0.2) is 136 Å². The molecule has 7 N–H and O–H groups in total. The van der Waals surface area contributed by atoms with Gasteiger partial charge in [-0.25, -0.2) is 14.8 Å². The molecule has 0 saturated carbocycles. The second-order valence-corrected chi connectivity index (χ2v) is 20.6. The number of fused-ring (bicyclic) bond motifs is 8. The number of nitrogens with zero attached hydrogens (tertiary/aromatic N) is 2. The topological polar surface area (TPSA) is 278 Å². The van der Waals surface area contributed by atoms with Gasteiger partial charge in [-0.2, -0.15) is 25.3 Å². The molecule has 0 saturated heterocycles. The molecule has 4 aromatic carbocycles. The minimum absolute atomic E-state index is 0.275. The number of aromatic amines is 2. The maximum absolute atomic E-state index is 12.1. The number of unbranched alkanes of at least 4 members (excludes halogenated alkanes) is 3. The van der Waals surface area contributed by atoms with Gasteiger partial charge in [0.05, 0.1) is 37.5 Å². The first kappa shape index (κ1) is 48.9. The first-order chi connectivity index (χ1) is 33.3.